The minimum Gasteiger partial charge on any atom is -0.379 e. The topological polar surface area (TPSA) is 64.3 Å². The van der Waals surface area contributed by atoms with Gasteiger partial charge in [0.15, 0.2) is 0 Å². The van der Waals surface area contributed by atoms with E-state index in [9.17, 15) is 4.79 Å². The molecule has 4 nitrogen and oxygen atoms in total. The molecule has 2 fully saturated rings. The Morgan fingerprint density at radius 2 is 1.84 bits per heavy atom. The van der Waals surface area contributed by atoms with Gasteiger partial charge in [0.2, 0.25) is 5.91 Å². The first-order valence-corrected chi connectivity index (χ1v) is 7.75. The highest BCUT2D eigenvalue weighted by Crippen LogP contribution is 2.30. The fourth-order valence-electron chi connectivity index (χ4n) is 3.57. The van der Waals surface area contributed by atoms with Gasteiger partial charge in [-0.3, -0.25) is 4.79 Å². The van der Waals surface area contributed by atoms with Gasteiger partial charge in [0.25, 0.3) is 0 Å². The van der Waals surface area contributed by atoms with Crippen molar-refractivity contribution >= 4 is 5.91 Å². The second-order valence-corrected chi connectivity index (χ2v) is 6.21. The number of carbonyl (C=O) groups is 1. The third-order valence-electron chi connectivity index (χ3n) is 4.88. The summed E-state index contributed by atoms with van der Waals surface area (Å²) in [6.45, 7) is 0.802. The van der Waals surface area contributed by atoms with Gasteiger partial charge in [0.1, 0.15) is 0 Å². The Kier molecular flexibility index (Phi) is 5.64. The van der Waals surface area contributed by atoms with E-state index in [1.54, 1.807) is 7.11 Å². The number of amides is 1. The Bertz CT molecular complexity index is 288. The van der Waals surface area contributed by atoms with E-state index in [4.69, 9.17) is 10.5 Å². The van der Waals surface area contributed by atoms with Crippen molar-refractivity contribution in [3.8, 4) is 0 Å². The summed E-state index contributed by atoms with van der Waals surface area (Å²) in [7, 11) is 1.74. The van der Waals surface area contributed by atoms with Gasteiger partial charge in [-0.2, -0.15) is 0 Å². The Morgan fingerprint density at radius 3 is 2.47 bits per heavy atom. The lowest BCUT2D eigenvalue weighted by Gasteiger charge is -2.28. The van der Waals surface area contributed by atoms with Gasteiger partial charge in [-0.25, -0.2) is 0 Å². The lowest BCUT2D eigenvalue weighted by atomic mass is 9.80. The molecule has 0 aromatic carbocycles. The van der Waals surface area contributed by atoms with Gasteiger partial charge >= 0.3 is 0 Å². The van der Waals surface area contributed by atoms with Crippen molar-refractivity contribution in [2.45, 2.75) is 63.5 Å². The van der Waals surface area contributed by atoms with Crippen molar-refractivity contribution in [1.29, 1.82) is 0 Å². The van der Waals surface area contributed by atoms with E-state index < -0.39 is 0 Å². The number of methoxy groups -OCH3 is 1. The highest BCUT2D eigenvalue weighted by atomic mass is 16.5. The first-order chi connectivity index (χ1) is 9.22. The standard InChI is InChI=1S/C15H28N2O2/c1-19-14-4-2-3-13(14)17-15(18)9-11-5-7-12(10-16)8-6-11/h11-14H,2-10,16H2,1H3,(H,17,18). The second kappa shape index (κ2) is 7.25. The van der Waals surface area contributed by atoms with Crippen molar-refractivity contribution in [2.75, 3.05) is 13.7 Å². The molecule has 0 spiro atoms. The SMILES string of the molecule is COC1CCCC1NC(=O)CC1CCC(CN)CC1. The molecule has 0 aliphatic heterocycles. The van der Waals surface area contributed by atoms with E-state index in [2.05, 4.69) is 5.32 Å². The van der Waals surface area contributed by atoms with E-state index in [-0.39, 0.29) is 18.1 Å². The molecule has 1 amide bonds. The maximum atomic E-state index is 12.1. The quantitative estimate of drug-likeness (QED) is 0.799. The molecular formula is C15H28N2O2. The molecule has 0 heterocycles. The molecule has 110 valence electrons. The normalized spacial score (nSPS) is 35.3. The van der Waals surface area contributed by atoms with E-state index >= 15 is 0 Å². The van der Waals surface area contributed by atoms with Crippen molar-refractivity contribution in [1.82, 2.24) is 5.32 Å². The summed E-state index contributed by atoms with van der Waals surface area (Å²) in [6.07, 6.45) is 8.90. The number of carbonyl (C=O) groups excluding carboxylic acids is 1. The van der Waals surface area contributed by atoms with Crippen LogP contribution in [0, 0.1) is 11.8 Å². The van der Waals surface area contributed by atoms with Crippen LogP contribution in [0.3, 0.4) is 0 Å². The maximum absolute atomic E-state index is 12.1. The van der Waals surface area contributed by atoms with Crippen molar-refractivity contribution in [3.05, 3.63) is 0 Å². The molecule has 3 N–H and O–H groups in total. The third-order valence-corrected chi connectivity index (χ3v) is 4.88. The number of hydrogen-bond acceptors (Lipinski definition) is 3. The summed E-state index contributed by atoms with van der Waals surface area (Å²) in [5, 5.41) is 3.16. The average Bonchev–Trinajstić information content (AvgIpc) is 2.86. The van der Waals surface area contributed by atoms with Crippen LogP contribution < -0.4 is 11.1 Å². The van der Waals surface area contributed by atoms with Crippen molar-refractivity contribution in [2.24, 2.45) is 17.6 Å². The van der Waals surface area contributed by atoms with Crippen LogP contribution in [0.2, 0.25) is 0 Å². The predicted octanol–water partition coefficient (Wildman–Crippen LogP) is 1.83. The van der Waals surface area contributed by atoms with Gasteiger partial charge in [-0.1, -0.05) is 0 Å². The Hall–Kier alpha value is -0.610. The fourth-order valence-corrected chi connectivity index (χ4v) is 3.57. The van der Waals surface area contributed by atoms with Crippen LogP contribution >= 0.6 is 0 Å². The van der Waals surface area contributed by atoms with Crippen LogP contribution in [0.15, 0.2) is 0 Å². The van der Waals surface area contributed by atoms with Crippen molar-refractivity contribution in [3.63, 3.8) is 0 Å². The van der Waals surface area contributed by atoms with Gasteiger partial charge in [0.05, 0.1) is 12.1 Å². The molecule has 0 aromatic rings. The monoisotopic (exact) mass is 268 g/mol. The van der Waals surface area contributed by atoms with E-state index in [1.165, 1.54) is 12.8 Å². The lowest BCUT2D eigenvalue weighted by Crippen LogP contribution is -2.41. The summed E-state index contributed by atoms with van der Waals surface area (Å²) in [4.78, 5) is 12.1. The molecule has 0 radical (unpaired) electrons. The Labute approximate surface area is 116 Å². The highest BCUT2D eigenvalue weighted by molar-refractivity contribution is 5.76. The Morgan fingerprint density at radius 1 is 1.16 bits per heavy atom. The van der Waals surface area contributed by atoms with Crippen molar-refractivity contribution < 1.29 is 9.53 Å². The molecule has 0 bridgehead atoms. The fraction of sp³-hybridized carbons (Fsp3) is 0.933. The number of nitrogens with two attached hydrogens (primary N) is 1. The van der Waals surface area contributed by atoms with Crippen LogP contribution in [0.5, 0.6) is 0 Å². The average molecular weight is 268 g/mol. The van der Waals surface area contributed by atoms with Gasteiger partial charge in [-0.05, 0) is 63.3 Å². The second-order valence-electron chi connectivity index (χ2n) is 6.21. The zero-order valence-corrected chi connectivity index (χ0v) is 12.1. The predicted molar refractivity (Wildman–Crippen MR) is 75.7 cm³/mol. The first-order valence-electron chi connectivity index (χ1n) is 7.75. The van der Waals surface area contributed by atoms with Crippen LogP contribution in [-0.4, -0.2) is 31.7 Å². The molecule has 0 aromatic heterocycles. The van der Waals surface area contributed by atoms with E-state index in [0.717, 1.165) is 38.6 Å². The summed E-state index contributed by atoms with van der Waals surface area (Å²) >= 11 is 0. The summed E-state index contributed by atoms with van der Waals surface area (Å²) in [5.74, 6) is 1.46. The van der Waals surface area contributed by atoms with Gasteiger partial charge < -0.3 is 15.8 Å². The largest absolute Gasteiger partial charge is 0.379 e. The van der Waals surface area contributed by atoms with Crippen LogP contribution in [0.4, 0.5) is 0 Å². The Balaban J connectivity index is 1.70. The van der Waals surface area contributed by atoms with Gasteiger partial charge in [-0.15, -0.1) is 0 Å². The first kappa shape index (κ1) is 14.8. The summed E-state index contributed by atoms with van der Waals surface area (Å²) in [5.41, 5.74) is 5.70. The molecule has 2 unspecified atom stereocenters. The molecule has 2 aliphatic carbocycles. The van der Waals surface area contributed by atoms with Crippen LogP contribution in [0.1, 0.15) is 51.4 Å². The molecular weight excluding hydrogens is 240 g/mol. The van der Waals surface area contributed by atoms with E-state index in [0.29, 0.717) is 18.3 Å². The summed E-state index contributed by atoms with van der Waals surface area (Å²) in [6, 6.07) is 0.234. The van der Waals surface area contributed by atoms with Gasteiger partial charge in [0, 0.05) is 13.5 Å². The summed E-state index contributed by atoms with van der Waals surface area (Å²) < 4.78 is 5.41. The zero-order valence-electron chi connectivity index (χ0n) is 12.1. The lowest BCUT2D eigenvalue weighted by molar-refractivity contribution is -0.123. The number of nitrogens with one attached hydrogen (secondary N) is 1. The molecule has 4 heteroatoms. The van der Waals surface area contributed by atoms with E-state index in [1.807, 2.05) is 0 Å². The smallest absolute Gasteiger partial charge is 0.220 e. The molecule has 0 saturated heterocycles. The minimum absolute atomic E-state index is 0.213. The molecule has 2 aliphatic rings. The number of hydrogen-bond donors (Lipinski definition) is 2. The molecule has 19 heavy (non-hydrogen) atoms. The maximum Gasteiger partial charge on any atom is 0.220 e. The number of rotatable bonds is 5. The molecule has 2 atom stereocenters. The molecule has 2 rings (SSSR count). The van der Waals surface area contributed by atoms with Crippen LogP contribution in [-0.2, 0) is 9.53 Å². The third kappa shape index (κ3) is 4.18. The highest BCUT2D eigenvalue weighted by Gasteiger charge is 2.29. The van der Waals surface area contributed by atoms with Crippen LogP contribution in [0.25, 0.3) is 0 Å². The zero-order chi connectivity index (χ0) is 13.7. The number of ether oxygens (including phenoxy) is 1. The minimum atomic E-state index is 0.213. The molecule has 2 saturated carbocycles.